The number of halogens is 8. The van der Waals surface area contributed by atoms with Crippen molar-refractivity contribution in [2.45, 2.75) is 22.4 Å². The molecule has 0 aliphatic carbocycles. The molecule has 22 heteroatoms. The number of sulfonamides is 2. The maximum atomic E-state index is 16.3. The van der Waals surface area contributed by atoms with Crippen molar-refractivity contribution in [1.29, 1.82) is 0 Å². The zero-order valence-corrected chi connectivity index (χ0v) is 34.7. The zero-order valence-electron chi connectivity index (χ0n) is 30.8. The molecule has 2 heterocycles. The van der Waals surface area contributed by atoms with Gasteiger partial charge in [-0.05, 0) is 83.9 Å². The molecular weight excluding hydrogens is 926 g/mol. The molecule has 1 atom stereocenters. The Bertz CT molecular complexity index is 3090. The minimum atomic E-state index is -4.99. The van der Waals surface area contributed by atoms with E-state index in [1.54, 1.807) is 0 Å². The van der Waals surface area contributed by atoms with Gasteiger partial charge in [0.05, 0.1) is 38.6 Å². The summed E-state index contributed by atoms with van der Waals surface area (Å²) in [5, 5.41) is 4.09. The molecule has 1 unspecified atom stereocenters. The van der Waals surface area contributed by atoms with Gasteiger partial charge in [-0.1, -0.05) is 59.1 Å². The average molecular weight is 950 g/mol. The summed E-state index contributed by atoms with van der Waals surface area (Å²) < 4.78 is 132. The summed E-state index contributed by atoms with van der Waals surface area (Å²) in [5.74, 6) is -7.68. The molecule has 8 rings (SSSR count). The molecule has 0 saturated carbocycles. The molecule has 6 aromatic rings. The number of carbonyl (C=O) groups is 2. The van der Waals surface area contributed by atoms with Crippen LogP contribution in [0.1, 0.15) is 43.4 Å². The topological polar surface area (TPSA) is 157 Å². The second kappa shape index (κ2) is 16.2. The van der Waals surface area contributed by atoms with Crippen LogP contribution in [0.4, 0.5) is 44.7 Å². The summed E-state index contributed by atoms with van der Waals surface area (Å²) >= 11 is 18.7. The number of amides is 2. The fourth-order valence-electron chi connectivity index (χ4n) is 6.83. The Hall–Kier alpha value is -5.80. The minimum Gasteiger partial charge on any atom is -0.322 e. The molecule has 2 amide bonds. The number of benzene rings is 6. The monoisotopic (exact) mass is 948 g/mol. The third kappa shape index (κ3) is 7.59. The number of hydrogen-bond donors (Lipinski definition) is 4. The summed E-state index contributed by atoms with van der Waals surface area (Å²) in [6.07, 6.45) is 0. The number of carbonyl (C=O) groups excluding carboxylic acids is 2. The molecule has 0 fully saturated rings. The average Bonchev–Trinajstić information content (AvgIpc) is 3.81. The summed E-state index contributed by atoms with van der Waals surface area (Å²) in [6, 6.07) is 16.9. The Balaban J connectivity index is 1.14. The number of hydrazine groups is 2. The first kappa shape index (κ1) is 42.9. The number of fused-ring (bicyclic) bond motifs is 2. The van der Waals surface area contributed by atoms with Crippen molar-refractivity contribution in [1.82, 2.24) is 10.9 Å². The van der Waals surface area contributed by atoms with Crippen molar-refractivity contribution in [3.63, 3.8) is 0 Å². The second-order valence-corrected chi connectivity index (χ2v) is 18.3. The summed E-state index contributed by atoms with van der Waals surface area (Å²) in [5.41, 5.74) is 4.17. The molecule has 0 spiro atoms. The molecule has 12 nitrogen and oxygen atoms in total. The highest BCUT2D eigenvalue weighted by Gasteiger charge is 2.41. The highest BCUT2D eigenvalue weighted by Crippen LogP contribution is 2.45. The Labute approximate surface area is 363 Å². The molecule has 0 saturated heterocycles. The first-order chi connectivity index (χ1) is 29.4. The minimum absolute atomic E-state index is 0.0255. The molecule has 4 N–H and O–H groups in total. The number of anilines is 4. The van der Waals surface area contributed by atoms with Gasteiger partial charge in [0.25, 0.3) is 31.9 Å². The van der Waals surface area contributed by atoms with E-state index in [-0.39, 0.29) is 50.5 Å². The van der Waals surface area contributed by atoms with Crippen molar-refractivity contribution >= 4 is 89.4 Å². The Kier molecular flexibility index (Phi) is 11.2. The Morgan fingerprint density at radius 1 is 0.581 bits per heavy atom. The van der Waals surface area contributed by atoms with Gasteiger partial charge in [0.15, 0.2) is 0 Å². The standard InChI is InChI=1S/C40H24Cl3F5N6O6S2/c41-25-3-1-5-28(45)36(25)39(55)50-21-9-7-19-18-49-53(32(19)14-21)62(59,60)35-17-27(43)24(16-31(35)48)38-23-11-10-22(51-40(56)37-26(42)4-2-6-29(37)46)15-33(23)54(52-38)61(57,58)34-12-8-20(44)13-30(34)47/h1-17,38,49,52H,18H2,(H,50,55)(H,51,56). The predicted molar refractivity (Wildman–Crippen MR) is 221 cm³/mol. The molecule has 0 radical (unpaired) electrons. The number of rotatable bonds is 9. The third-order valence-electron chi connectivity index (χ3n) is 9.71. The van der Waals surface area contributed by atoms with Crippen LogP contribution < -0.4 is 30.3 Å². The lowest BCUT2D eigenvalue weighted by molar-refractivity contribution is 0.101. The van der Waals surface area contributed by atoms with Gasteiger partial charge >= 0.3 is 0 Å². The molecule has 6 aromatic carbocycles. The summed E-state index contributed by atoms with van der Waals surface area (Å²) in [7, 11) is -9.84. The van der Waals surface area contributed by atoms with Crippen LogP contribution in [-0.4, -0.2) is 28.6 Å². The lowest BCUT2D eigenvalue weighted by atomic mass is 9.98. The van der Waals surface area contributed by atoms with Crippen LogP contribution in [0.5, 0.6) is 0 Å². The van der Waals surface area contributed by atoms with E-state index in [2.05, 4.69) is 21.5 Å². The largest absolute Gasteiger partial charge is 0.322 e. The maximum absolute atomic E-state index is 16.3. The second-order valence-electron chi connectivity index (χ2n) is 13.5. The molecule has 2 aliphatic heterocycles. The number of nitrogens with one attached hydrogen (secondary N) is 4. The van der Waals surface area contributed by atoms with Crippen LogP contribution >= 0.6 is 34.8 Å². The molecule has 62 heavy (non-hydrogen) atoms. The first-order valence-electron chi connectivity index (χ1n) is 17.7. The lowest BCUT2D eigenvalue weighted by Gasteiger charge is -2.23. The van der Waals surface area contributed by atoms with E-state index >= 15 is 8.78 Å². The van der Waals surface area contributed by atoms with Crippen molar-refractivity contribution in [2.75, 3.05) is 19.5 Å². The van der Waals surface area contributed by atoms with Crippen molar-refractivity contribution in [3.05, 3.63) is 175 Å². The van der Waals surface area contributed by atoms with E-state index < -0.39 is 92.9 Å². The van der Waals surface area contributed by atoms with Gasteiger partial charge in [0.2, 0.25) is 0 Å². The van der Waals surface area contributed by atoms with E-state index in [0.29, 0.717) is 32.6 Å². The van der Waals surface area contributed by atoms with Crippen LogP contribution in [0.2, 0.25) is 15.1 Å². The quantitative estimate of drug-likeness (QED) is 0.105. The third-order valence-corrected chi connectivity index (χ3v) is 14.0. The van der Waals surface area contributed by atoms with E-state index in [1.807, 2.05) is 0 Å². The van der Waals surface area contributed by atoms with Gasteiger partial charge < -0.3 is 10.6 Å². The fourth-order valence-corrected chi connectivity index (χ4v) is 10.5. The number of nitrogens with zero attached hydrogens (tertiary/aromatic N) is 2. The van der Waals surface area contributed by atoms with Crippen molar-refractivity contribution < 1.29 is 48.4 Å². The molecule has 0 aromatic heterocycles. The van der Waals surface area contributed by atoms with E-state index in [4.69, 9.17) is 34.8 Å². The predicted octanol–water partition coefficient (Wildman–Crippen LogP) is 8.86. The van der Waals surface area contributed by atoms with Gasteiger partial charge in [-0.15, -0.1) is 0 Å². The molecule has 318 valence electrons. The Morgan fingerprint density at radius 3 is 1.74 bits per heavy atom. The lowest BCUT2D eigenvalue weighted by Crippen LogP contribution is -2.40. The van der Waals surface area contributed by atoms with Crippen LogP contribution in [0.15, 0.2) is 113 Å². The van der Waals surface area contributed by atoms with Crippen molar-refractivity contribution in [2.24, 2.45) is 0 Å². The molecule has 0 bridgehead atoms. The SMILES string of the molecule is O=C(Nc1ccc2c(c1)N(S(=O)(=O)c1cc(Cl)c(C3NN(S(=O)(=O)c4ccc(F)cc4F)c4cc(NC(=O)c5c(F)cccc5Cl)ccc43)cc1F)NC2)c1c(F)cccc1Cl. The van der Waals surface area contributed by atoms with Gasteiger partial charge in [0.1, 0.15) is 38.9 Å². The van der Waals surface area contributed by atoms with Crippen LogP contribution in [0.3, 0.4) is 0 Å². The van der Waals surface area contributed by atoms with Crippen molar-refractivity contribution in [3.8, 4) is 0 Å². The van der Waals surface area contributed by atoms with Gasteiger partial charge in [-0.3, -0.25) is 9.59 Å². The Morgan fingerprint density at radius 2 is 1.15 bits per heavy atom. The zero-order chi connectivity index (χ0) is 44.4. The number of hydrogen-bond acceptors (Lipinski definition) is 8. The van der Waals surface area contributed by atoms with Gasteiger partial charge in [-0.25, -0.2) is 32.8 Å². The van der Waals surface area contributed by atoms with Crippen LogP contribution in [-0.2, 0) is 26.6 Å². The maximum Gasteiger partial charge on any atom is 0.280 e. The van der Waals surface area contributed by atoms with Gasteiger partial charge in [-0.2, -0.15) is 25.7 Å². The fraction of sp³-hybridized carbons (Fsp3) is 0.0500. The summed E-state index contributed by atoms with van der Waals surface area (Å²) in [4.78, 5) is 24.1. The highest BCUT2D eigenvalue weighted by atomic mass is 35.5. The first-order valence-corrected chi connectivity index (χ1v) is 21.7. The molecule has 2 aliphatic rings. The van der Waals surface area contributed by atoms with Gasteiger partial charge in [0, 0.05) is 34.6 Å². The van der Waals surface area contributed by atoms with Crippen LogP contribution in [0.25, 0.3) is 0 Å². The smallest absolute Gasteiger partial charge is 0.280 e. The van der Waals surface area contributed by atoms with E-state index in [1.165, 1.54) is 54.6 Å². The van der Waals surface area contributed by atoms with E-state index in [9.17, 15) is 39.6 Å². The normalized spacial score (nSPS) is 14.7. The molecular formula is C40H24Cl3F5N6O6S2. The highest BCUT2D eigenvalue weighted by molar-refractivity contribution is 7.93. The van der Waals surface area contributed by atoms with Crippen LogP contribution in [0, 0.1) is 29.1 Å². The van der Waals surface area contributed by atoms with E-state index in [0.717, 1.165) is 30.3 Å². The summed E-state index contributed by atoms with van der Waals surface area (Å²) in [6.45, 7) is -0.0487.